The number of imide groups is 1. The van der Waals surface area contributed by atoms with Crippen molar-refractivity contribution in [2.75, 3.05) is 24.4 Å². The van der Waals surface area contributed by atoms with Gasteiger partial charge in [0.2, 0.25) is 17.7 Å². The summed E-state index contributed by atoms with van der Waals surface area (Å²) in [6.07, 6.45) is 0. The van der Waals surface area contributed by atoms with Crippen LogP contribution in [0.4, 0.5) is 11.4 Å². The smallest absolute Gasteiger partial charge is 0.308 e. The van der Waals surface area contributed by atoms with Crippen LogP contribution in [0.2, 0.25) is 10.0 Å². The number of benzene rings is 3. The van der Waals surface area contributed by atoms with E-state index in [0.717, 1.165) is 27.6 Å². The highest BCUT2D eigenvalue weighted by Crippen LogP contribution is 2.54. The number of nitrogens with zero attached hydrogens (tertiary/aromatic N) is 2. The van der Waals surface area contributed by atoms with Crippen LogP contribution in [0.25, 0.3) is 0 Å². The zero-order chi connectivity index (χ0) is 31.3. The molecule has 6 rings (SSSR count). The third-order valence-corrected chi connectivity index (χ3v) is 11.3. The van der Waals surface area contributed by atoms with Crippen molar-refractivity contribution in [1.82, 2.24) is 4.57 Å². The fraction of sp³-hybridized carbons (Fsp3) is 0.200. The zero-order valence-corrected chi connectivity index (χ0v) is 27.7. The zero-order valence-electron chi connectivity index (χ0n) is 23.0. The number of carbonyl (C=O) groups excluding carboxylic acids is 3. The molecule has 1 saturated heterocycles. The third-order valence-electron chi connectivity index (χ3n) is 7.41. The van der Waals surface area contributed by atoms with E-state index in [1.165, 1.54) is 29.8 Å². The average molecular weight is 735 g/mol. The molecule has 0 aliphatic carbocycles. The molecular weight excluding hydrogens is 713 g/mol. The molecule has 0 spiro atoms. The third kappa shape index (κ3) is 5.43. The number of aromatic nitrogens is 1. The lowest BCUT2D eigenvalue weighted by atomic mass is 9.83. The second-order valence-electron chi connectivity index (χ2n) is 9.95. The fourth-order valence-electron chi connectivity index (χ4n) is 5.42. The Morgan fingerprint density at radius 3 is 2.34 bits per heavy atom. The van der Waals surface area contributed by atoms with E-state index in [1.807, 2.05) is 0 Å². The van der Waals surface area contributed by atoms with Gasteiger partial charge in [0.15, 0.2) is 11.5 Å². The molecule has 2 aliphatic heterocycles. The lowest BCUT2D eigenvalue weighted by Gasteiger charge is -2.31. The van der Waals surface area contributed by atoms with E-state index in [2.05, 4.69) is 21.2 Å². The summed E-state index contributed by atoms with van der Waals surface area (Å²) in [7, 11) is 3.03. The number of amides is 3. The van der Waals surface area contributed by atoms with E-state index in [0.29, 0.717) is 43.4 Å². The Balaban J connectivity index is 1.43. The normalized spacial score (nSPS) is 19.0. The number of rotatable bonds is 7. The molecular formula is C30H22BrCl2N3O6S2. The predicted molar refractivity (Wildman–Crippen MR) is 175 cm³/mol. The van der Waals surface area contributed by atoms with Gasteiger partial charge in [-0.05, 0) is 60.2 Å². The minimum Gasteiger partial charge on any atom is -0.493 e. The highest BCUT2D eigenvalue weighted by atomic mass is 79.9. The number of carbonyl (C=O) groups is 3. The SMILES string of the molecule is COc1ccc(C2c3sc(=O)n(CC(=O)Nc4ccc(Cl)c(Cl)c4)c3SC3C(=O)N(c4ccc(Br)cc4)C(=O)C32)cc1OC. The number of hydrogen-bond acceptors (Lipinski definition) is 8. The molecule has 9 nitrogen and oxygen atoms in total. The summed E-state index contributed by atoms with van der Waals surface area (Å²) < 4.78 is 13.1. The lowest BCUT2D eigenvalue weighted by molar-refractivity contribution is -0.122. The van der Waals surface area contributed by atoms with Gasteiger partial charge in [0, 0.05) is 21.0 Å². The van der Waals surface area contributed by atoms with Gasteiger partial charge in [-0.1, -0.05) is 68.3 Å². The van der Waals surface area contributed by atoms with E-state index < -0.39 is 28.9 Å². The molecule has 3 amide bonds. The Hall–Kier alpha value is -3.29. The first-order valence-electron chi connectivity index (χ1n) is 13.1. The number of halogens is 3. The van der Waals surface area contributed by atoms with Gasteiger partial charge in [0.1, 0.15) is 11.8 Å². The number of fused-ring (bicyclic) bond motifs is 2. The Labute approximate surface area is 278 Å². The monoisotopic (exact) mass is 733 g/mol. The van der Waals surface area contributed by atoms with Gasteiger partial charge in [-0.3, -0.25) is 23.7 Å². The summed E-state index contributed by atoms with van der Waals surface area (Å²) in [6.45, 7) is -0.313. The second kappa shape index (κ2) is 12.2. The fourth-order valence-corrected chi connectivity index (χ4v) is 8.76. The van der Waals surface area contributed by atoms with Crippen molar-refractivity contribution in [3.63, 3.8) is 0 Å². The van der Waals surface area contributed by atoms with Gasteiger partial charge >= 0.3 is 4.87 Å². The summed E-state index contributed by atoms with van der Waals surface area (Å²) in [6, 6.07) is 16.9. The van der Waals surface area contributed by atoms with Crippen LogP contribution in [0.5, 0.6) is 11.5 Å². The minimum absolute atomic E-state index is 0.272. The first-order chi connectivity index (χ1) is 21.1. The molecule has 2 aliphatic rings. The van der Waals surface area contributed by atoms with Crippen LogP contribution in [0.15, 0.2) is 75.0 Å². The Kier molecular flexibility index (Phi) is 8.55. The quantitative estimate of drug-likeness (QED) is 0.218. The van der Waals surface area contributed by atoms with E-state index in [9.17, 15) is 19.2 Å². The summed E-state index contributed by atoms with van der Waals surface area (Å²) in [5.41, 5.74) is 1.54. The number of thiazole rings is 1. The number of hydrogen-bond donors (Lipinski definition) is 1. The van der Waals surface area contributed by atoms with Crippen molar-refractivity contribution in [2.24, 2.45) is 5.92 Å². The highest BCUT2D eigenvalue weighted by Gasteiger charge is 2.57. The Morgan fingerprint density at radius 2 is 1.66 bits per heavy atom. The molecule has 1 fully saturated rings. The maximum atomic E-state index is 14.1. The molecule has 3 atom stereocenters. The molecule has 3 heterocycles. The number of methoxy groups -OCH3 is 2. The van der Waals surface area contributed by atoms with Gasteiger partial charge in [0.25, 0.3) is 0 Å². The summed E-state index contributed by atoms with van der Waals surface area (Å²) in [5, 5.41) is 2.98. The number of nitrogens with one attached hydrogen (secondary N) is 1. The molecule has 0 bridgehead atoms. The van der Waals surface area contributed by atoms with E-state index in [4.69, 9.17) is 32.7 Å². The van der Waals surface area contributed by atoms with Crippen LogP contribution in [0.3, 0.4) is 0 Å². The molecule has 226 valence electrons. The van der Waals surface area contributed by atoms with Gasteiger partial charge in [-0.2, -0.15) is 0 Å². The van der Waals surface area contributed by atoms with Crippen LogP contribution in [-0.4, -0.2) is 41.8 Å². The largest absolute Gasteiger partial charge is 0.493 e. The summed E-state index contributed by atoms with van der Waals surface area (Å²) >= 11 is 17.6. The summed E-state index contributed by atoms with van der Waals surface area (Å²) in [5.74, 6) is -1.77. The standard InChI is InChI=1S/C30H22BrCl2N3O6S2/c1-41-20-10-3-14(11-21(20)42-2)23-24-25(28(39)36(27(24)38)17-7-4-15(31)5-8-17)43-29-26(23)44-30(40)35(29)13-22(37)34-16-6-9-18(32)19(33)12-16/h3-12,23-25H,13H2,1-2H3,(H,34,37). The predicted octanol–water partition coefficient (Wildman–Crippen LogP) is 6.43. The van der Waals surface area contributed by atoms with Crippen molar-refractivity contribution in [3.8, 4) is 11.5 Å². The van der Waals surface area contributed by atoms with Crippen LogP contribution >= 0.6 is 62.2 Å². The minimum atomic E-state index is -0.838. The Bertz CT molecular complexity index is 1880. The molecule has 3 unspecified atom stereocenters. The first-order valence-corrected chi connectivity index (χ1v) is 16.4. The van der Waals surface area contributed by atoms with E-state index in [-0.39, 0.29) is 22.3 Å². The molecule has 14 heteroatoms. The van der Waals surface area contributed by atoms with Gasteiger partial charge < -0.3 is 14.8 Å². The maximum Gasteiger partial charge on any atom is 0.308 e. The van der Waals surface area contributed by atoms with Crippen LogP contribution in [0, 0.1) is 5.92 Å². The van der Waals surface area contributed by atoms with Gasteiger partial charge in [-0.25, -0.2) is 4.90 Å². The van der Waals surface area contributed by atoms with Crippen molar-refractivity contribution in [3.05, 3.63) is 95.3 Å². The van der Waals surface area contributed by atoms with Crippen LogP contribution in [0.1, 0.15) is 16.4 Å². The van der Waals surface area contributed by atoms with Gasteiger partial charge in [0.05, 0.1) is 40.9 Å². The molecule has 4 aromatic rings. The first kappa shape index (κ1) is 30.7. The van der Waals surface area contributed by atoms with Crippen molar-refractivity contribution >= 4 is 91.3 Å². The van der Waals surface area contributed by atoms with E-state index >= 15 is 0 Å². The summed E-state index contributed by atoms with van der Waals surface area (Å²) in [4.78, 5) is 56.0. The highest BCUT2D eigenvalue weighted by molar-refractivity contribution is 9.10. The molecule has 3 aromatic carbocycles. The molecule has 1 aromatic heterocycles. The lowest BCUT2D eigenvalue weighted by Crippen LogP contribution is -2.33. The molecule has 0 saturated carbocycles. The number of thioether (sulfide) groups is 1. The topological polar surface area (TPSA) is 107 Å². The van der Waals surface area contributed by atoms with E-state index in [1.54, 1.807) is 54.6 Å². The molecule has 44 heavy (non-hydrogen) atoms. The van der Waals surface area contributed by atoms with Crippen LogP contribution in [-0.2, 0) is 20.9 Å². The number of anilines is 2. The Morgan fingerprint density at radius 1 is 0.932 bits per heavy atom. The van der Waals surface area contributed by atoms with Crippen molar-refractivity contribution in [1.29, 1.82) is 0 Å². The molecule has 1 N–H and O–H groups in total. The maximum absolute atomic E-state index is 14.1. The second-order valence-corrected chi connectivity index (χ2v) is 13.8. The van der Waals surface area contributed by atoms with Gasteiger partial charge in [-0.15, -0.1) is 0 Å². The van der Waals surface area contributed by atoms with Crippen molar-refractivity contribution in [2.45, 2.75) is 22.7 Å². The van der Waals surface area contributed by atoms with Crippen LogP contribution < -0.4 is 24.6 Å². The molecule has 0 radical (unpaired) electrons. The number of ether oxygens (including phenoxy) is 2. The van der Waals surface area contributed by atoms with Crippen molar-refractivity contribution < 1.29 is 23.9 Å². The average Bonchev–Trinajstić information content (AvgIpc) is 3.45.